The van der Waals surface area contributed by atoms with Gasteiger partial charge in [-0.05, 0) is 120 Å². The van der Waals surface area contributed by atoms with Crippen LogP contribution in [0.3, 0.4) is 0 Å². The first-order valence-electron chi connectivity index (χ1n) is 16.4. The Morgan fingerprint density at radius 1 is 0.312 bits per heavy atom. The predicted molar refractivity (Wildman–Crippen MR) is 208 cm³/mol. The van der Waals surface area contributed by atoms with Gasteiger partial charge in [-0.2, -0.15) is 0 Å². The Labute approximate surface area is 279 Å². The molecule has 0 saturated carbocycles. The normalized spacial score (nSPS) is 12.2. The Bertz CT molecular complexity index is 3060. The molecule has 0 aliphatic rings. The zero-order valence-electron chi connectivity index (χ0n) is 25.8. The monoisotopic (exact) mass is 626 g/mol. The summed E-state index contributed by atoms with van der Waals surface area (Å²) in [7, 11) is 0. The summed E-state index contributed by atoms with van der Waals surface area (Å²) in [5, 5.41) is 15.1. The number of furan rings is 1. The van der Waals surface area contributed by atoms with Crippen LogP contribution in [-0.4, -0.2) is 0 Å². The molecule has 11 rings (SSSR count). The lowest BCUT2D eigenvalue weighted by Crippen LogP contribution is -1.90. The molecule has 0 saturated heterocycles. The lowest BCUT2D eigenvalue weighted by Gasteiger charge is -2.18. The first-order valence-corrected chi connectivity index (χ1v) is 17.2. The molecule has 0 aliphatic carbocycles. The predicted octanol–water partition coefficient (Wildman–Crippen LogP) is 13.9. The first-order chi connectivity index (χ1) is 23.8. The van der Waals surface area contributed by atoms with Crippen LogP contribution in [0.5, 0.6) is 0 Å². The molecule has 1 nitrogen and oxygen atoms in total. The van der Waals surface area contributed by atoms with E-state index in [4.69, 9.17) is 4.42 Å². The van der Waals surface area contributed by atoms with Crippen LogP contribution < -0.4 is 0 Å². The summed E-state index contributed by atoms with van der Waals surface area (Å²) in [5.74, 6) is 0. The van der Waals surface area contributed by atoms with Gasteiger partial charge in [0.2, 0.25) is 0 Å². The average molecular weight is 627 g/mol. The number of hydrogen-bond donors (Lipinski definition) is 0. The van der Waals surface area contributed by atoms with Crippen molar-refractivity contribution in [2.45, 2.75) is 0 Å². The van der Waals surface area contributed by atoms with E-state index in [0.717, 1.165) is 21.9 Å². The zero-order valence-corrected chi connectivity index (χ0v) is 26.6. The van der Waals surface area contributed by atoms with Crippen LogP contribution in [0.1, 0.15) is 0 Å². The topological polar surface area (TPSA) is 13.1 Å². The van der Waals surface area contributed by atoms with Crippen LogP contribution in [0.25, 0.3) is 107 Å². The minimum atomic E-state index is 0.919. The molecular weight excluding hydrogens is 601 g/mol. The van der Waals surface area contributed by atoms with Crippen molar-refractivity contribution < 1.29 is 4.42 Å². The third-order valence-corrected chi connectivity index (χ3v) is 11.3. The van der Waals surface area contributed by atoms with Crippen molar-refractivity contribution in [1.29, 1.82) is 0 Å². The summed E-state index contributed by atoms with van der Waals surface area (Å²) >= 11 is 1.89. The van der Waals surface area contributed by atoms with Crippen LogP contribution in [0.15, 0.2) is 162 Å². The number of hydrogen-bond acceptors (Lipinski definition) is 2. The molecule has 0 unspecified atom stereocenters. The molecule has 0 aliphatic heterocycles. The number of benzene rings is 9. The quantitative estimate of drug-likeness (QED) is 0.174. The van der Waals surface area contributed by atoms with Crippen LogP contribution in [-0.2, 0) is 0 Å². The van der Waals surface area contributed by atoms with E-state index in [-0.39, 0.29) is 0 Å². The summed E-state index contributed by atoms with van der Waals surface area (Å²) in [6, 6.07) is 58.0. The molecule has 0 radical (unpaired) electrons. The van der Waals surface area contributed by atoms with Crippen molar-refractivity contribution in [3.63, 3.8) is 0 Å². The Morgan fingerprint density at radius 2 is 0.812 bits per heavy atom. The maximum atomic E-state index is 6.20. The molecule has 0 N–H and O–H groups in total. The molecule has 222 valence electrons. The Hall–Kier alpha value is -5.96. The second kappa shape index (κ2) is 9.78. The Balaban J connectivity index is 1.18. The number of rotatable bonds is 2. The van der Waals surface area contributed by atoms with Gasteiger partial charge in [-0.15, -0.1) is 11.3 Å². The fraction of sp³-hybridized carbons (Fsp3) is 0. The molecule has 0 amide bonds. The summed E-state index contributed by atoms with van der Waals surface area (Å²) in [4.78, 5) is 0. The van der Waals surface area contributed by atoms with Gasteiger partial charge in [0.1, 0.15) is 11.2 Å². The fourth-order valence-corrected chi connectivity index (χ4v) is 9.12. The van der Waals surface area contributed by atoms with Gasteiger partial charge in [0.25, 0.3) is 0 Å². The van der Waals surface area contributed by atoms with Gasteiger partial charge in [0, 0.05) is 30.9 Å². The van der Waals surface area contributed by atoms with Crippen molar-refractivity contribution in [2.75, 3.05) is 0 Å². The van der Waals surface area contributed by atoms with Gasteiger partial charge >= 0.3 is 0 Å². The van der Waals surface area contributed by atoms with E-state index in [1.807, 2.05) is 23.5 Å². The third-order valence-electron chi connectivity index (χ3n) is 10.2. The van der Waals surface area contributed by atoms with Gasteiger partial charge in [0.05, 0.1) is 0 Å². The second-order valence-corrected chi connectivity index (χ2v) is 13.9. The van der Waals surface area contributed by atoms with E-state index in [1.165, 1.54) is 85.5 Å². The highest BCUT2D eigenvalue weighted by Crippen LogP contribution is 2.46. The van der Waals surface area contributed by atoms with Gasteiger partial charge in [-0.3, -0.25) is 0 Å². The molecule has 0 atom stereocenters. The standard InChI is InChI=1S/C46H26OS/c1-2-10-28-22-32-26-44-40(25-31(32)21-27(28)9-1)39-24-30(18-20-43(39)48-44)46-36-14-5-3-12-34(36)45(35-13-4-6-15-37(35)46)29-17-19-42-38(23-29)33-11-7-8-16-41(33)47-42/h1-26H. The first kappa shape index (κ1) is 26.1. The van der Waals surface area contributed by atoms with Crippen molar-refractivity contribution >= 4 is 96.5 Å². The van der Waals surface area contributed by atoms with Gasteiger partial charge in [0.15, 0.2) is 0 Å². The molecule has 0 spiro atoms. The third kappa shape index (κ3) is 3.72. The molecule has 0 bridgehead atoms. The minimum Gasteiger partial charge on any atom is -0.456 e. The highest BCUT2D eigenvalue weighted by molar-refractivity contribution is 7.25. The molecule has 48 heavy (non-hydrogen) atoms. The smallest absolute Gasteiger partial charge is 0.135 e. The summed E-state index contributed by atoms with van der Waals surface area (Å²) < 4.78 is 8.85. The van der Waals surface area contributed by atoms with E-state index in [1.54, 1.807) is 0 Å². The molecule has 2 aromatic heterocycles. The van der Waals surface area contributed by atoms with E-state index in [0.29, 0.717) is 0 Å². The average Bonchev–Trinajstić information content (AvgIpc) is 3.68. The van der Waals surface area contributed by atoms with Gasteiger partial charge in [-0.1, -0.05) is 103 Å². The number of para-hydroxylation sites is 1. The van der Waals surface area contributed by atoms with Crippen LogP contribution in [0.4, 0.5) is 0 Å². The maximum absolute atomic E-state index is 6.20. The van der Waals surface area contributed by atoms with Crippen LogP contribution >= 0.6 is 11.3 Å². The molecule has 9 aromatic carbocycles. The van der Waals surface area contributed by atoms with Crippen LogP contribution in [0, 0.1) is 0 Å². The number of thiophene rings is 1. The molecule has 0 fully saturated rings. The lowest BCUT2D eigenvalue weighted by atomic mass is 9.85. The second-order valence-electron chi connectivity index (χ2n) is 12.9. The molecule has 2 heterocycles. The summed E-state index contributed by atoms with van der Waals surface area (Å²) in [6.45, 7) is 0. The molecule has 11 aromatic rings. The summed E-state index contributed by atoms with van der Waals surface area (Å²) in [6.07, 6.45) is 0. The van der Waals surface area contributed by atoms with Crippen LogP contribution in [0.2, 0.25) is 0 Å². The Kier molecular flexibility index (Phi) is 5.32. The van der Waals surface area contributed by atoms with Crippen molar-refractivity contribution in [3.05, 3.63) is 158 Å². The molecule has 2 heteroatoms. The Morgan fingerprint density at radius 3 is 1.48 bits per heavy atom. The van der Waals surface area contributed by atoms with E-state index < -0.39 is 0 Å². The fourth-order valence-electron chi connectivity index (χ4n) is 8.00. The lowest BCUT2D eigenvalue weighted by molar-refractivity contribution is 0.669. The number of fused-ring (bicyclic) bond motifs is 10. The van der Waals surface area contributed by atoms with Gasteiger partial charge in [-0.25, -0.2) is 0 Å². The van der Waals surface area contributed by atoms with Crippen molar-refractivity contribution in [3.8, 4) is 22.3 Å². The van der Waals surface area contributed by atoms with Crippen molar-refractivity contribution in [2.24, 2.45) is 0 Å². The largest absolute Gasteiger partial charge is 0.456 e. The maximum Gasteiger partial charge on any atom is 0.135 e. The van der Waals surface area contributed by atoms with E-state index in [9.17, 15) is 0 Å². The minimum absolute atomic E-state index is 0.919. The summed E-state index contributed by atoms with van der Waals surface area (Å²) in [5.41, 5.74) is 6.84. The zero-order chi connectivity index (χ0) is 31.3. The SMILES string of the molecule is c1ccc2cc3cc4c(cc3cc2c1)sc1ccc(-c2c3ccccc3c(-c3ccc5oc6ccccc6c5c3)c3ccccc23)cc14. The molecular formula is C46H26OS. The van der Waals surface area contributed by atoms with Crippen molar-refractivity contribution in [1.82, 2.24) is 0 Å². The highest BCUT2D eigenvalue weighted by atomic mass is 32.1. The van der Waals surface area contributed by atoms with E-state index in [2.05, 4.69) is 146 Å². The van der Waals surface area contributed by atoms with Gasteiger partial charge < -0.3 is 4.42 Å². The highest BCUT2D eigenvalue weighted by Gasteiger charge is 2.19. The van der Waals surface area contributed by atoms with E-state index >= 15 is 0 Å².